The Balaban J connectivity index is 1.55. The molecule has 0 aliphatic heterocycles. The van der Waals surface area contributed by atoms with Crippen LogP contribution in [0.25, 0.3) is 16.7 Å². The van der Waals surface area contributed by atoms with Crippen molar-refractivity contribution in [3.05, 3.63) is 70.1 Å². The highest BCUT2D eigenvalue weighted by molar-refractivity contribution is 7.99. The largest absolute Gasteiger partial charge is 0.497 e. The molecule has 0 aliphatic rings. The average Bonchev–Trinajstić information content (AvgIpc) is 3.20. The van der Waals surface area contributed by atoms with E-state index in [1.54, 1.807) is 11.8 Å². The van der Waals surface area contributed by atoms with Crippen LogP contribution in [0.3, 0.4) is 0 Å². The number of fused-ring (bicyclic) bond motifs is 1. The summed E-state index contributed by atoms with van der Waals surface area (Å²) in [5, 5.41) is 7.93. The Kier molecular flexibility index (Phi) is 5.77. The molecule has 31 heavy (non-hydrogen) atoms. The topological polar surface area (TPSA) is 102 Å². The van der Waals surface area contributed by atoms with E-state index in [-0.39, 0.29) is 17.2 Å². The minimum Gasteiger partial charge on any atom is -0.497 e. The summed E-state index contributed by atoms with van der Waals surface area (Å²) in [5.41, 5.74) is 3.78. The maximum absolute atomic E-state index is 12.5. The number of ether oxygens (including phenoxy) is 1. The third kappa shape index (κ3) is 4.31. The summed E-state index contributed by atoms with van der Waals surface area (Å²) in [6.45, 7) is 3.96. The van der Waals surface area contributed by atoms with Crippen LogP contribution in [0.1, 0.15) is 11.1 Å². The summed E-state index contributed by atoms with van der Waals surface area (Å²) in [7, 11) is 1.60. The van der Waals surface area contributed by atoms with Crippen LogP contribution in [0.2, 0.25) is 0 Å². The van der Waals surface area contributed by atoms with Crippen LogP contribution in [-0.4, -0.2) is 38.5 Å². The summed E-state index contributed by atoms with van der Waals surface area (Å²) in [6, 6.07) is 13.0. The number of benzene rings is 2. The number of methoxy groups -OCH3 is 1. The quantitative estimate of drug-likeness (QED) is 0.355. The van der Waals surface area contributed by atoms with Crippen molar-refractivity contribution in [1.82, 2.24) is 19.7 Å². The van der Waals surface area contributed by atoms with E-state index in [4.69, 9.17) is 4.74 Å². The lowest BCUT2D eigenvalue weighted by Gasteiger charge is -2.10. The number of amides is 1. The zero-order valence-electron chi connectivity index (χ0n) is 17.3. The number of nitrogens with one attached hydrogen (secondary N) is 2. The SMILES string of the molecule is COc1ccc(-n2ncc3c(=O)[nH]c(SCC(=O)Nc4cccc(C)c4C)nc32)cc1. The fourth-order valence-electron chi connectivity index (χ4n) is 3.09. The molecule has 2 aromatic heterocycles. The van der Waals surface area contributed by atoms with Gasteiger partial charge in [0.05, 0.1) is 24.7 Å². The number of hydrogen-bond donors (Lipinski definition) is 2. The van der Waals surface area contributed by atoms with Gasteiger partial charge in [-0.3, -0.25) is 9.59 Å². The summed E-state index contributed by atoms with van der Waals surface area (Å²) >= 11 is 1.16. The molecule has 0 fully saturated rings. The molecule has 4 rings (SSSR count). The highest BCUT2D eigenvalue weighted by atomic mass is 32.2. The van der Waals surface area contributed by atoms with E-state index in [1.165, 1.54) is 6.20 Å². The molecule has 0 aliphatic carbocycles. The molecule has 0 radical (unpaired) electrons. The molecule has 4 aromatic rings. The van der Waals surface area contributed by atoms with Crippen molar-refractivity contribution in [2.24, 2.45) is 0 Å². The molecule has 158 valence electrons. The molecule has 2 heterocycles. The molecular weight excluding hydrogens is 414 g/mol. The fourth-order valence-corrected chi connectivity index (χ4v) is 3.74. The van der Waals surface area contributed by atoms with Crippen molar-refractivity contribution in [2.75, 3.05) is 18.2 Å². The second kappa shape index (κ2) is 8.65. The first kappa shape index (κ1) is 20.7. The minimum absolute atomic E-state index is 0.110. The van der Waals surface area contributed by atoms with Crippen LogP contribution in [0.4, 0.5) is 5.69 Å². The number of thioether (sulfide) groups is 1. The molecule has 2 aromatic carbocycles. The predicted octanol–water partition coefficient (Wildman–Crippen LogP) is 3.47. The molecule has 1 amide bonds. The Morgan fingerprint density at radius 1 is 1.19 bits per heavy atom. The van der Waals surface area contributed by atoms with Gasteiger partial charge in [0, 0.05) is 5.69 Å². The number of anilines is 1. The standard InChI is InChI=1S/C22H21N5O3S/c1-13-5-4-6-18(14(13)2)24-19(28)12-31-22-25-20-17(21(29)26-22)11-23-27(20)15-7-9-16(30-3)10-8-15/h4-11H,12H2,1-3H3,(H,24,28)(H,25,26,29). The molecule has 0 atom stereocenters. The Morgan fingerprint density at radius 2 is 1.97 bits per heavy atom. The van der Waals surface area contributed by atoms with E-state index in [9.17, 15) is 9.59 Å². The first-order valence-electron chi connectivity index (χ1n) is 9.57. The van der Waals surface area contributed by atoms with E-state index >= 15 is 0 Å². The first-order valence-corrected chi connectivity index (χ1v) is 10.6. The molecule has 0 spiro atoms. The van der Waals surface area contributed by atoms with Gasteiger partial charge in [0.25, 0.3) is 5.56 Å². The van der Waals surface area contributed by atoms with Crippen molar-refractivity contribution in [3.63, 3.8) is 0 Å². The van der Waals surface area contributed by atoms with Gasteiger partial charge in [0.1, 0.15) is 11.1 Å². The molecular formula is C22H21N5O3S. The summed E-state index contributed by atoms with van der Waals surface area (Å²) < 4.78 is 6.77. The van der Waals surface area contributed by atoms with Crippen molar-refractivity contribution in [3.8, 4) is 11.4 Å². The van der Waals surface area contributed by atoms with Crippen molar-refractivity contribution in [2.45, 2.75) is 19.0 Å². The van der Waals surface area contributed by atoms with Crippen LogP contribution < -0.4 is 15.6 Å². The van der Waals surface area contributed by atoms with Gasteiger partial charge in [-0.05, 0) is 55.3 Å². The molecule has 0 saturated heterocycles. The van der Waals surface area contributed by atoms with E-state index in [2.05, 4.69) is 20.4 Å². The van der Waals surface area contributed by atoms with E-state index in [0.717, 1.165) is 40.0 Å². The minimum atomic E-state index is -0.304. The molecule has 0 saturated carbocycles. The maximum atomic E-state index is 12.5. The molecule has 2 N–H and O–H groups in total. The molecule has 0 unspecified atom stereocenters. The van der Waals surface area contributed by atoms with Gasteiger partial charge in [-0.25, -0.2) is 9.67 Å². The van der Waals surface area contributed by atoms with E-state index in [1.807, 2.05) is 56.3 Å². The van der Waals surface area contributed by atoms with E-state index in [0.29, 0.717) is 16.2 Å². The number of nitrogens with zero attached hydrogens (tertiary/aromatic N) is 3. The van der Waals surface area contributed by atoms with Crippen LogP contribution in [-0.2, 0) is 4.79 Å². The smallest absolute Gasteiger partial charge is 0.262 e. The molecule has 8 nitrogen and oxygen atoms in total. The van der Waals surface area contributed by atoms with Gasteiger partial charge >= 0.3 is 0 Å². The zero-order chi connectivity index (χ0) is 22.0. The Hall–Kier alpha value is -3.59. The number of aromatic amines is 1. The first-order chi connectivity index (χ1) is 15.0. The lowest BCUT2D eigenvalue weighted by Crippen LogP contribution is -2.16. The second-order valence-corrected chi connectivity index (χ2v) is 7.91. The summed E-state index contributed by atoms with van der Waals surface area (Å²) in [5.74, 6) is 0.653. The zero-order valence-corrected chi connectivity index (χ0v) is 18.1. The Morgan fingerprint density at radius 3 is 2.71 bits per heavy atom. The van der Waals surface area contributed by atoms with Crippen LogP contribution in [0.5, 0.6) is 5.75 Å². The van der Waals surface area contributed by atoms with Crippen molar-refractivity contribution < 1.29 is 9.53 Å². The number of carbonyl (C=O) groups is 1. The monoisotopic (exact) mass is 435 g/mol. The number of aryl methyl sites for hydroxylation is 1. The van der Waals surface area contributed by atoms with Crippen molar-refractivity contribution in [1.29, 1.82) is 0 Å². The second-order valence-electron chi connectivity index (χ2n) is 6.95. The number of H-pyrrole nitrogens is 1. The number of hydrogen-bond acceptors (Lipinski definition) is 6. The number of carbonyl (C=O) groups excluding carboxylic acids is 1. The normalized spacial score (nSPS) is 10.9. The third-order valence-electron chi connectivity index (χ3n) is 4.95. The highest BCUT2D eigenvalue weighted by Gasteiger charge is 2.13. The summed E-state index contributed by atoms with van der Waals surface area (Å²) in [4.78, 5) is 32.1. The van der Waals surface area contributed by atoms with Crippen molar-refractivity contribution >= 4 is 34.4 Å². The van der Waals surface area contributed by atoms with Gasteiger partial charge < -0.3 is 15.0 Å². The molecule has 9 heteroatoms. The number of rotatable bonds is 6. The summed E-state index contributed by atoms with van der Waals surface area (Å²) in [6.07, 6.45) is 1.48. The fraction of sp³-hybridized carbons (Fsp3) is 0.182. The predicted molar refractivity (Wildman–Crippen MR) is 121 cm³/mol. The van der Waals surface area contributed by atoms with E-state index < -0.39 is 0 Å². The average molecular weight is 436 g/mol. The third-order valence-corrected chi connectivity index (χ3v) is 5.83. The lowest BCUT2D eigenvalue weighted by molar-refractivity contribution is -0.113. The number of aromatic nitrogens is 4. The van der Waals surface area contributed by atoms with Gasteiger partial charge in [0.15, 0.2) is 10.8 Å². The van der Waals surface area contributed by atoms with Gasteiger partial charge in [-0.1, -0.05) is 23.9 Å². The highest BCUT2D eigenvalue weighted by Crippen LogP contribution is 2.21. The Labute approximate surface area is 182 Å². The van der Waals surface area contributed by atoms with Crippen LogP contribution in [0.15, 0.2) is 58.6 Å². The van der Waals surface area contributed by atoms with Gasteiger partial charge in [-0.15, -0.1) is 0 Å². The maximum Gasteiger partial charge on any atom is 0.262 e. The van der Waals surface area contributed by atoms with Gasteiger partial charge in [-0.2, -0.15) is 5.10 Å². The van der Waals surface area contributed by atoms with Crippen LogP contribution >= 0.6 is 11.8 Å². The lowest BCUT2D eigenvalue weighted by atomic mass is 10.1. The van der Waals surface area contributed by atoms with Crippen LogP contribution in [0, 0.1) is 13.8 Å². The van der Waals surface area contributed by atoms with Gasteiger partial charge in [0.2, 0.25) is 5.91 Å². The molecule has 0 bridgehead atoms. The Bertz CT molecular complexity index is 1310.